The van der Waals surface area contributed by atoms with E-state index in [9.17, 15) is 9.59 Å². The Morgan fingerprint density at radius 3 is 2.82 bits per heavy atom. The van der Waals surface area contributed by atoms with Crippen LogP contribution in [0.2, 0.25) is 5.02 Å². The van der Waals surface area contributed by atoms with Crippen molar-refractivity contribution in [1.29, 1.82) is 0 Å². The number of hydrogen-bond donors (Lipinski definition) is 0. The number of carbonyl (C=O) groups is 2. The first kappa shape index (κ1) is 25.5. The van der Waals surface area contributed by atoms with Gasteiger partial charge < -0.3 is 19.3 Å². The lowest BCUT2D eigenvalue weighted by atomic mass is 10.00. The van der Waals surface area contributed by atoms with Gasteiger partial charge >= 0.3 is 0 Å². The molecular formula is C25H33ClN2O4S. The van der Waals surface area contributed by atoms with Crippen LogP contribution in [0.3, 0.4) is 0 Å². The lowest BCUT2D eigenvalue weighted by molar-refractivity contribution is -0.145. The Morgan fingerprint density at radius 2 is 2.12 bits per heavy atom. The van der Waals surface area contributed by atoms with Crippen molar-refractivity contribution >= 4 is 34.8 Å². The minimum Gasteiger partial charge on any atom is -0.491 e. The van der Waals surface area contributed by atoms with Crippen molar-refractivity contribution in [3.05, 3.63) is 50.7 Å². The molecule has 0 saturated carbocycles. The van der Waals surface area contributed by atoms with Gasteiger partial charge in [-0.3, -0.25) is 9.59 Å². The summed E-state index contributed by atoms with van der Waals surface area (Å²) in [4.78, 5) is 30.9. The highest BCUT2D eigenvalue weighted by Gasteiger charge is 2.33. The van der Waals surface area contributed by atoms with Crippen molar-refractivity contribution in [3.63, 3.8) is 0 Å². The van der Waals surface area contributed by atoms with Gasteiger partial charge in [-0.05, 0) is 60.0 Å². The van der Waals surface area contributed by atoms with Crippen molar-refractivity contribution in [3.8, 4) is 5.75 Å². The molecule has 2 amide bonds. The number of halogens is 1. The number of aryl methyl sites for hydroxylation is 1. The lowest BCUT2D eigenvalue weighted by Crippen LogP contribution is -2.49. The lowest BCUT2D eigenvalue weighted by Gasteiger charge is -2.37. The molecule has 2 heterocycles. The number of ether oxygens (including phenoxy) is 2. The average Bonchev–Trinajstić information content (AvgIpc) is 3.28. The summed E-state index contributed by atoms with van der Waals surface area (Å²) in [6, 6.07) is 7.44. The van der Waals surface area contributed by atoms with Crippen LogP contribution in [0.5, 0.6) is 5.75 Å². The van der Waals surface area contributed by atoms with Gasteiger partial charge in [0.15, 0.2) is 0 Å². The molecule has 0 unspecified atom stereocenters. The zero-order valence-electron chi connectivity index (χ0n) is 19.8. The Labute approximate surface area is 205 Å². The van der Waals surface area contributed by atoms with E-state index in [0.717, 1.165) is 29.7 Å². The number of nitrogens with zero attached hydrogens (tertiary/aromatic N) is 2. The zero-order valence-corrected chi connectivity index (χ0v) is 21.4. The number of rotatable bonds is 10. The molecule has 0 aliphatic carbocycles. The fourth-order valence-electron chi connectivity index (χ4n) is 3.99. The fourth-order valence-corrected chi connectivity index (χ4v) is 5.03. The molecule has 1 aliphatic heterocycles. The standard InChI is InChI=1S/C25H33ClN2O4S/c1-5-17(2)13-27(25(30)16-31-4)14-24(29)28-10-8-23-20(9-11-33-23)22(28)15-32-19-6-7-21(26)18(3)12-19/h6-7,9,11-12,17,22H,5,8,10,13-16H2,1-4H3/t17-,22+/m1/s1. The van der Waals surface area contributed by atoms with Crippen LogP contribution >= 0.6 is 22.9 Å². The number of carbonyl (C=O) groups excluding carboxylic acids is 2. The van der Waals surface area contributed by atoms with E-state index in [4.69, 9.17) is 21.1 Å². The molecule has 1 aromatic heterocycles. The highest BCUT2D eigenvalue weighted by atomic mass is 35.5. The smallest absolute Gasteiger partial charge is 0.249 e. The third-order valence-corrected chi connectivity index (χ3v) is 7.55. The fraction of sp³-hybridized carbons (Fsp3) is 0.520. The Morgan fingerprint density at radius 1 is 1.33 bits per heavy atom. The Balaban J connectivity index is 1.77. The molecular weight excluding hydrogens is 460 g/mol. The molecule has 1 aromatic carbocycles. The Hall–Kier alpha value is -2.09. The molecule has 0 bridgehead atoms. The molecule has 0 N–H and O–H groups in total. The molecule has 2 atom stereocenters. The highest BCUT2D eigenvalue weighted by molar-refractivity contribution is 7.10. The molecule has 1 aliphatic rings. The van der Waals surface area contributed by atoms with Crippen LogP contribution in [0.15, 0.2) is 29.6 Å². The Kier molecular flexibility index (Phi) is 9.18. The number of hydrogen-bond acceptors (Lipinski definition) is 5. The van der Waals surface area contributed by atoms with Crippen molar-refractivity contribution in [1.82, 2.24) is 9.80 Å². The molecule has 0 fully saturated rings. The normalized spacial score (nSPS) is 16.3. The summed E-state index contributed by atoms with van der Waals surface area (Å²) in [5, 5.41) is 2.76. The number of amides is 2. The van der Waals surface area contributed by atoms with E-state index in [0.29, 0.717) is 30.6 Å². The van der Waals surface area contributed by atoms with E-state index >= 15 is 0 Å². The zero-order chi connectivity index (χ0) is 24.0. The van der Waals surface area contributed by atoms with Gasteiger partial charge in [0.1, 0.15) is 19.0 Å². The van der Waals surface area contributed by atoms with Crippen LogP contribution < -0.4 is 4.74 Å². The molecule has 2 aromatic rings. The number of benzene rings is 1. The van der Waals surface area contributed by atoms with E-state index in [2.05, 4.69) is 25.3 Å². The highest BCUT2D eigenvalue weighted by Crippen LogP contribution is 2.34. The van der Waals surface area contributed by atoms with Crippen LogP contribution in [-0.2, 0) is 20.7 Å². The van der Waals surface area contributed by atoms with Crippen molar-refractivity contribution < 1.29 is 19.1 Å². The quantitative estimate of drug-likeness (QED) is 0.481. The third-order valence-electron chi connectivity index (χ3n) is 6.13. The van der Waals surface area contributed by atoms with Gasteiger partial charge in [0.05, 0.1) is 12.6 Å². The van der Waals surface area contributed by atoms with Crippen LogP contribution in [0.4, 0.5) is 0 Å². The number of thiophene rings is 1. The number of fused-ring (bicyclic) bond motifs is 1. The van der Waals surface area contributed by atoms with E-state index < -0.39 is 0 Å². The molecule has 3 rings (SSSR count). The maximum Gasteiger partial charge on any atom is 0.249 e. The largest absolute Gasteiger partial charge is 0.491 e. The summed E-state index contributed by atoms with van der Waals surface area (Å²) < 4.78 is 11.2. The minimum atomic E-state index is -0.202. The van der Waals surface area contributed by atoms with Gasteiger partial charge in [0.25, 0.3) is 0 Å². The average molecular weight is 493 g/mol. The maximum atomic E-state index is 13.5. The summed E-state index contributed by atoms with van der Waals surface area (Å²) in [5.74, 6) is 0.792. The van der Waals surface area contributed by atoms with E-state index in [-0.39, 0.29) is 31.0 Å². The Bertz CT molecular complexity index is 964. The molecule has 33 heavy (non-hydrogen) atoms. The van der Waals surface area contributed by atoms with E-state index in [1.807, 2.05) is 30.0 Å². The van der Waals surface area contributed by atoms with Gasteiger partial charge in [0.2, 0.25) is 11.8 Å². The predicted octanol–water partition coefficient (Wildman–Crippen LogP) is 4.74. The summed E-state index contributed by atoms with van der Waals surface area (Å²) in [6.45, 7) is 7.60. The van der Waals surface area contributed by atoms with E-state index in [1.165, 1.54) is 12.0 Å². The maximum absolute atomic E-state index is 13.5. The first-order chi connectivity index (χ1) is 15.8. The van der Waals surface area contributed by atoms with Gasteiger partial charge in [-0.2, -0.15) is 0 Å². The minimum absolute atomic E-state index is 0.0269. The summed E-state index contributed by atoms with van der Waals surface area (Å²) >= 11 is 7.85. The molecule has 8 heteroatoms. The van der Waals surface area contributed by atoms with Crippen molar-refractivity contribution in [2.24, 2.45) is 5.92 Å². The second-order valence-corrected chi connectivity index (χ2v) is 10.0. The van der Waals surface area contributed by atoms with Crippen LogP contribution in [0, 0.1) is 12.8 Å². The van der Waals surface area contributed by atoms with Gasteiger partial charge in [-0.15, -0.1) is 11.3 Å². The van der Waals surface area contributed by atoms with Gasteiger partial charge in [-0.1, -0.05) is 31.9 Å². The number of methoxy groups -OCH3 is 1. The summed E-state index contributed by atoms with van der Waals surface area (Å²) in [5.41, 5.74) is 2.07. The van der Waals surface area contributed by atoms with Gasteiger partial charge in [-0.25, -0.2) is 0 Å². The second kappa shape index (κ2) is 11.9. The third kappa shape index (κ3) is 6.49. The van der Waals surface area contributed by atoms with E-state index in [1.54, 1.807) is 16.2 Å². The predicted molar refractivity (Wildman–Crippen MR) is 132 cm³/mol. The molecule has 6 nitrogen and oxygen atoms in total. The molecule has 0 saturated heterocycles. The van der Waals surface area contributed by atoms with Crippen molar-refractivity contribution in [2.75, 3.05) is 40.0 Å². The summed E-state index contributed by atoms with van der Waals surface area (Å²) in [6.07, 6.45) is 1.75. The first-order valence-corrected chi connectivity index (χ1v) is 12.6. The first-order valence-electron chi connectivity index (χ1n) is 11.3. The van der Waals surface area contributed by atoms with Crippen molar-refractivity contribution in [2.45, 2.75) is 39.7 Å². The van der Waals surface area contributed by atoms with Crippen LogP contribution in [0.1, 0.15) is 42.3 Å². The van der Waals surface area contributed by atoms with Crippen LogP contribution in [0.25, 0.3) is 0 Å². The topological polar surface area (TPSA) is 59.1 Å². The SMILES string of the molecule is CC[C@@H](C)CN(CC(=O)N1CCc2sccc2[C@@H]1COc1ccc(Cl)c(C)c1)C(=O)COC. The van der Waals surface area contributed by atoms with Gasteiger partial charge in [0, 0.05) is 30.1 Å². The molecule has 0 spiro atoms. The summed E-state index contributed by atoms with van der Waals surface area (Å²) in [7, 11) is 1.50. The molecule has 180 valence electrons. The second-order valence-electron chi connectivity index (χ2n) is 8.59. The monoisotopic (exact) mass is 492 g/mol. The van der Waals surface area contributed by atoms with Crippen LogP contribution in [-0.4, -0.2) is 61.6 Å². The molecule has 0 radical (unpaired) electrons.